The van der Waals surface area contributed by atoms with Gasteiger partial charge in [0.1, 0.15) is 11.2 Å². The van der Waals surface area contributed by atoms with Gasteiger partial charge in [0.25, 0.3) is 0 Å². The SMILES string of the molecule is Cc1cc2oc(=O)cc(-c3oc4ccccc4c3NC(=O)C3CC3)c2cc1C. The lowest BCUT2D eigenvalue weighted by Gasteiger charge is -2.09. The van der Waals surface area contributed by atoms with Crippen molar-refractivity contribution >= 4 is 33.5 Å². The number of rotatable bonds is 3. The van der Waals surface area contributed by atoms with Crippen LogP contribution >= 0.6 is 0 Å². The molecule has 5 nitrogen and oxygen atoms in total. The lowest BCUT2D eigenvalue weighted by molar-refractivity contribution is -0.117. The van der Waals surface area contributed by atoms with E-state index in [2.05, 4.69) is 5.32 Å². The van der Waals surface area contributed by atoms with Gasteiger partial charge in [-0.15, -0.1) is 0 Å². The lowest BCUT2D eigenvalue weighted by Crippen LogP contribution is -2.13. The minimum atomic E-state index is -0.453. The van der Waals surface area contributed by atoms with Crippen molar-refractivity contribution in [2.75, 3.05) is 5.32 Å². The molecule has 1 aliphatic carbocycles. The van der Waals surface area contributed by atoms with E-state index in [-0.39, 0.29) is 11.8 Å². The Hall–Kier alpha value is -3.34. The van der Waals surface area contributed by atoms with Crippen LogP contribution in [0.5, 0.6) is 0 Å². The maximum Gasteiger partial charge on any atom is 0.336 e. The second kappa shape index (κ2) is 6.09. The van der Waals surface area contributed by atoms with E-state index in [4.69, 9.17) is 8.83 Å². The molecule has 5 heteroatoms. The number of carbonyl (C=O) groups excluding carboxylic acids is 1. The van der Waals surface area contributed by atoms with Gasteiger partial charge in [-0.3, -0.25) is 4.79 Å². The molecule has 0 radical (unpaired) electrons. The summed E-state index contributed by atoms with van der Waals surface area (Å²) in [7, 11) is 0. The van der Waals surface area contributed by atoms with Gasteiger partial charge in [-0.2, -0.15) is 0 Å². The smallest absolute Gasteiger partial charge is 0.336 e. The molecule has 4 aromatic rings. The molecule has 1 aliphatic rings. The van der Waals surface area contributed by atoms with E-state index < -0.39 is 5.63 Å². The number of hydrogen-bond donors (Lipinski definition) is 1. The molecule has 1 amide bonds. The molecule has 2 aromatic carbocycles. The van der Waals surface area contributed by atoms with Gasteiger partial charge >= 0.3 is 5.63 Å². The average molecular weight is 373 g/mol. The number of fused-ring (bicyclic) bond motifs is 2. The molecule has 0 unspecified atom stereocenters. The van der Waals surface area contributed by atoms with Crippen LogP contribution in [0.25, 0.3) is 33.3 Å². The summed E-state index contributed by atoms with van der Waals surface area (Å²) in [5.41, 5.74) is 4.07. The van der Waals surface area contributed by atoms with Crippen LogP contribution < -0.4 is 10.9 Å². The maximum absolute atomic E-state index is 12.5. The van der Waals surface area contributed by atoms with Crippen molar-refractivity contribution in [1.82, 2.24) is 0 Å². The highest BCUT2D eigenvalue weighted by Gasteiger charge is 2.31. The number of amides is 1. The minimum absolute atomic E-state index is 0.00732. The van der Waals surface area contributed by atoms with E-state index in [1.165, 1.54) is 6.07 Å². The third-order valence-corrected chi connectivity index (χ3v) is 5.40. The Labute approximate surface area is 161 Å². The molecule has 0 bridgehead atoms. The molecule has 1 saturated carbocycles. The van der Waals surface area contributed by atoms with Crippen molar-refractivity contribution in [3.63, 3.8) is 0 Å². The number of para-hydroxylation sites is 1. The maximum atomic E-state index is 12.5. The number of anilines is 1. The topological polar surface area (TPSA) is 72.5 Å². The number of hydrogen-bond acceptors (Lipinski definition) is 4. The van der Waals surface area contributed by atoms with Gasteiger partial charge in [0.05, 0.1) is 5.69 Å². The Balaban J connectivity index is 1.80. The Morgan fingerprint density at radius 1 is 0.964 bits per heavy atom. The van der Waals surface area contributed by atoms with Crippen LogP contribution in [-0.4, -0.2) is 5.91 Å². The number of aryl methyl sites for hydroxylation is 2. The van der Waals surface area contributed by atoms with Crippen LogP contribution in [-0.2, 0) is 4.79 Å². The number of furan rings is 1. The predicted molar refractivity (Wildman–Crippen MR) is 109 cm³/mol. The van der Waals surface area contributed by atoms with Crippen LogP contribution in [0, 0.1) is 19.8 Å². The molecular formula is C23H19NO4. The van der Waals surface area contributed by atoms with E-state index in [9.17, 15) is 9.59 Å². The average Bonchev–Trinajstić information content (AvgIpc) is 3.46. The summed E-state index contributed by atoms with van der Waals surface area (Å²) < 4.78 is 11.5. The highest BCUT2D eigenvalue weighted by Crippen LogP contribution is 2.42. The van der Waals surface area contributed by atoms with Crippen LogP contribution in [0.15, 0.2) is 56.1 Å². The first-order valence-corrected chi connectivity index (χ1v) is 9.39. The first-order chi connectivity index (χ1) is 13.5. The standard InChI is InChI=1S/C23H19NO4/c1-12-9-16-17(11-20(25)27-19(16)10-13(12)2)22-21(24-23(26)14-7-8-14)15-5-3-4-6-18(15)28-22/h3-6,9-11,14H,7-8H2,1-2H3,(H,24,26). The Kier molecular flexibility index (Phi) is 3.66. The zero-order valence-electron chi connectivity index (χ0n) is 15.7. The fourth-order valence-electron chi connectivity index (χ4n) is 3.54. The molecule has 0 saturated heterocycles. The molecule has 5 rings (SSSR count). The normalized spacial score (nSPS) is 13.9. The second-order valence-corrected chi connectivity index (χ2v) is 7.48. The third kappa shape index (κ3) is 2.71. The fourth-order valence-corrected chi connectivity index (χ4v) is 3.54. The summed E-state index contributed by atoms with van der Waals surface area (Å²) in [5.74, 6) is 0.535. The highest BCUT2D eigenvalue weighted by molar-refractivity contribution is 6.09. The highest BCUT2D eigenvalue weighted by atomic mass is 16.4. The first kappa shape index (κ1) is 16.8. The van der Waals surface area contributed by atoms with E-state index in [0.29, 0.717) is 28.2 Å². The second-order valence-electron chi connectivity index (χ2n) is 7.48. The number of carbonyl (C=O) groups is 1. The molecule has 1 fully saturated rings. The zero-order chi connectivity index (χ0) is 19.4. The van der Waals surface area contributed by atoms with Crippen molar-refractivity contribution < 1.29 is 13.6 Å². The molecule has 2 aromatic heterocycles. The van der Waals surface area contributed by atoms with Crippen molar-refractivity contribution in [3.05, 3.63) is 64.0 Å². The first-order valence-electron chi connectivity index (χ1n) is 9.39. The van der Waals surface area contributed by atoms with Gasteiger partial charge in [0.15, 0.2) is 5.76 Å². The number of benzene rings is 2. The van der Waals surface area contributed by atoms with Gasteiger partial charge in [0.2, 0.25) is 5.91 Å². The fraction of sp³-hybridized carbons (Fsp3) is 0.217. The molecule has 28 heavy (non-hydrogen) atoms. The monoisotopic (exact) mass is 373 g/mol. The summed E-state index contributed by atoms with van der Waals surface area (Å²) in [5, 5.41) is 4.64. The molecule has 0 aliphatic heterocycles. The van der Waals surface area contributed by atoms with Crippen LogP contribution in [0.1, 0.15) is 24.0 Å². The largest absolute Gasteiger partial charge is 0.454 e. The third-order valence-electron chi connectivity index (χ3n) is 5.40. The van der Waals surface area contributed by atoms with Gasteiger partial charge in [0, 0.05) is 28.3 Å². The predicted octanol–water partition coefficient (Wildman–Crippen LogP) is 5.17. The molecule has 1 N–H and O–H groups in total. The van der Waals surface area contributed by atoms with E-state index in [1.807, 2.05) is 50.2 Å². The lowest BCUT2D eigenvalue weighted by atomic mass is 10.0. The van der Waals surface area contributed by atoms with Crippen LogP contribution in [0.4, 0.5) is 5.69 Å². The summed E-state index contributed by atoms with van der Waals surface area (Å²) in [6, 6.07) is 12.8. The van der Waals surface area contributed by atoms with E-state index >= 15 is 0 Å². The van der Waals surface area contributed by atoms with Crippen LogP contribution in [0.2, 0.25) is 0 Å². The Morgan fingerprint density at radius 3 is 2.50 bits per heavy atom. The van der Waals surface area contributed by atoms with Gasteiger partial charge in [-0.1, -0.05) is 12.1 Å². The van der Waals surface area contributed by atoms with Gasteiger partial charge in [-0.05, 0) is 62.1 Å². The zero-order valence-corrected chi connectivity index (χ0v) is 15.7. The Morgan fingerprint density at radius 2 is 1.71 bits per heavy atom. The van der Waals surface area contributed by atoms with Crippen molar-refractivity contribution in [1.29, 1.82) is 0 Å². The Bertz CT molecular complexity index is 1310. The molecular weight excluding hydrogens is 354 g/mol. The van der Waals surface area contributed by atoms with Crippen molar-refractivity contribution in [2.24, 2.45) is 5.92 Å². The van der Waals surface area contributed by atoms with Crippen molar-refractivity contribution in [2.45, 2.75) is 26.7 Å². The quantitative estimate of drug-likeness (QED) is 0.503. The van der Waals surface area contributed by atoms with E-state index in [0.717, 1.165) is 34.7 Å². The summed E-state index contributed by atoms with van der Waals surface area (Å²) >= 11 is 0. The molecule has 140 valence electrons. The van der Waals surface area contributed by atoms with Gasteiger partial charge < -0.3 is 14.2 Å². The minimum Gasteiger partial charge on any atom is -0.454 e. The van der Waals surface area contributed by atoms with E-state index in [1.54, 1.807) is 0 Å². The molecule has 2 heterocycles. The number of nitrogens with one attached hydrogen (secondary N) is 1. The molecule has 0 spiro atoms. The molecule has 0 atom stereocenters. The van der Waals surface area contributed by atoms with Crippen molar-refractivity contribution in [3.8, 4) is 11.3 Å². The van der Waals surface area contributed by atoms with Gasteiger partial charge in [-0.25, -0.2) is 4.79 Å². The summed E-state index contributed by atoms with van der Waals surface area (Å²) in [4.78, 5) is 24.7. The van der Waals surface area contributed by atoms with Crippen LogP contribution in [0.3, 0.4) is 0 Å². The summed E-state index contributed by atoms with van der Waals surface area (Å²) in [6.07, 6.45) is 1.82. The summed E-state index contributed by atoms with van der Waals surface area (Å²) in [6.45, 7) is 3.99.